The molecule has 0 aliphatic heterocycles. The molecular formula is C21H24N2O2. The van der Waals surface area contributed by atoms with Crippen LogP contribution in [0.4, 0.5) is 4.79 Å². The van der Waals surface area contributed by atoms with Gasteiger partial charge in [-0.25, -0.2) is 4.79 Å². The summed E-state index contributed by atoms with van der Waals surface area (Å²) in [6.07, 6.45) is 0.163. The summed E-state index contributed by atoms with van der Waals surface area (Å²) >= 11 is 0. The molecule has 4 nitrogen and oxygen atoms in total. The number of ether oxygens (including phenoxy) is 1. The monoisotopic (exact) mass is 336 g/mol. The van der Waals surface area contributed by atoms with Crippen molar-refractivity contribution in [3.8, 4) is 11.8 Å². The van der Waals surface area contributed by atoms with Crippen LogP contribution in [-0.4, -0.2) is 19.2 Å². The molecule has 2 aromatic rings. The summed E-state index contributed by atoms with van der Waals surface area (Å²) in [5.41, 5.74) is 3.17. The van der Waals surface area contributed by atoms with E-state index >= 15 is 0 Å². The van der Waals surface area contributed by atoms with Crippen LogP contribution in [0, 0.1) is 11.8 Å². The molecule has 2 N–H and O–H groups in total. The molecule has 0 spiro atoms. The van der Waals surface area contributed by atoms with Gasteiger partial charge in [0.15, 0.2) is 0 Å². The lowest BCUT2D eigenvalue weighted by Crippen LogP contribution is -2.24. The Morgan fingerprint density at radius 3 is 2.68 bits per heavy atom. The lowest BCUT2D eigenvalue weighted by Gasteiger charge is -2.05. The third-order valence-electron chi connectivity index (χ3n) is 3.47. The van der Waals surface area contributed by atoms with Crippen LogP contribution in [-0.2, 0) is 17.9 Å². The van der Waals surface area contributed by atoms with Crippen molar-refractivity contribution in [3.05, 3.63) is 71.3 Å². The zero-order valence-electron chi connectivity index (χ0n) is 14.5. The standard InChI is InChI=1S/C21H24N2O2/c1-2-22-16-20-13-8-12-18(15-20)9-6-7-14-23-21(24)25-17-19-10-4-3-5-11-19/h3-5,8,10-13,15,22H,2,7,14,16-17H2,1H3,(H,23,24). The lowest BCUT2D eigenvalue weighted by molar-refractivity contribution is 0.140. The van der Waals surface area contributed by atoms with E-state index in [-0.39, 0.29) is 6.61 Å². The highest BCUT2D eigenvalue weighted by molar-refractivity contribution is 5.67. The van der Waals surface area contributed by atoms with E-state index in [0.717, 1.165) is 24.2 Å². The molecule has 0 unspecified atom stereocenters. The Hall–Kier alpha value is -2.77. The van der Waals surface area contributed by atoms with Gasteiger partial charge in [-0.2, -0.15) is 0 Å². The average molecular weight is 336 g/mol. The number of hydrogen-bond donors (Lipinski definition) is 2. The van der Waals surface area contributed by atoms with Crippen LogP contribution in [0.15, 0.2) is 54.6 Å². The van der Waals surface area contributed by atoms with Gasteiger partial charge in [0.05, 0.1) is 0 Å². The molecule has 0 radical (unpaired) electrons. The van der Waals surface area contributed by atoms with Crippen molar-refractivity contribution in [2.75, 3.05) is 13.1 Å². The maximum atomic E-state index is 11.6. The molecule has 1 amide bonds. The van der Waals surface area contributed by atoms with Crippen LogP contribution in [0.2, 0.25) is 0 Å². The quantitative estimate of drug-likeness (QED) is 0.601. The number of rotatable bonds is 7. The Bertz CT molecular complexity index is 717. The third-order valence-corrected chi connectivity index (χ3v) is 3.47. The van der Waals surface area contributed by atoms with Gasteiger partial charge in [-0.05, 0) is 29.8 Å². The van der Waals surface area contributed by atoms with Crippen molar-refractivity contribution in [1.82, 2.24) is 10.6 Å². The Labute approximate surface area is 149 Å². The van der Waals surface area contributed by atoms with Crippen molar-refractivity contribution >= 4 is 6.09 Å². The zero-order valence-corrected chi connectivity index (χ0v) is 14.5. The SMILES string of the molecule is CCNCc1cccc(C#CCCNC(=O)OCc2ccccc2)c1. The van der Waals surface area contributed by atoms with Gasteiger partial charge in [-0.3, -0.25) is 0 Å². The first-order chi connectivity index (χ1) is 12.3. The van der Waals surface area contributed by atoms with E-state index in [1.165, 1.54) is 5.56 Å². The molecule has 0 heterocycles. The van der Waals surface area contributed by atoms with Gasteiger partial charge in [0.1, 0.15) is 6.61 Å². The number of amides is 1. The molecule has 0 fully saturated rings. The minimum absolute atomic E-state index is 0.275. The Morgan fingerprint density at radius 1 is 1.08 bits per heavy atom. The van der Waals surface area contributed by atoms with Gasteiger partial charge in [-0.15, -0.1) is 0 Å². The molecule has 0 saturated heterocycles. The summed E-state index contributed by atoms with van der Waals surface area (Å²) in [5, 5.41) is 6.00. The van der Waals surface area contributed by atoms with E-state index < -0.39 is 6.09 Å². The van der Waals surface area contributed by atoms with Crippen LogP contribution >= 0.6 is 0 Å². The highest BCUT2D eigenvalue weighted by atomic mass is 16.5. The first kappa shape index (κ1) is 18.6. The number of nitrogens with one attached hydrogen (secondary N) is 2. The van der Waals surface area contributed by atoms with Gasteiger partial charge in [0, 0.05) is 25.1 Å². The zero-order chi connectivity index (χ0) is 17.7. The van der Waals surface area contributed by atoms with Crippen molar-refractivity contribution in [2.24, 2.45) is 0 Å². The average Bonchev–Trinajstić information content (AvgIpc) is 2.65. The van der Waals surface area contributed by atoms with Crippen LogP contribution < -0.4 is 10.6 Å². The molecule has 0 atom stereocenters. The number of carbonyl (C=O) groups is 1. The van der Waals surface area contributed by atoms with Crippen LogP contribution in [0.5, 0.6) is 0 Å². The Kier molecular flexibility index (Phi) is 8.10. The van der Waals surface area contributed by atoms with Gasteiger partial charge in [-0.1, -0.05) is 61.2 Å². The van der Waals surface area contributed by atoms with Crippen LogP contribution in [0.1, 0.15) is 30.0 Å². The second kappa shape index (κ2) is 10.9. The molecule has 0 saturated carbocycles. The molecular weight excluding hydrogens is 312 g/mol. The van der Waals surface area contributed by atoms with E-state index in [0.29, 0.717) is 13.0 Å². The maximum Gasteiger partial charge on any atom is 0.407 e. The van der Waals surface area contributed by atoms with Gasteiger partial charge in [0.2, 0.25) is 0 Å². The first-order valence-corrected chi connectivity index (χ1v) is 8.51. The largest absolute Gasteiger partial charge is 0.445 e. The summed E-state index contributed by atoms with van der Waals surface area (Å²) < 4.78 is 5.14. The summed E-state index contributed by atoms with van der Waals surface area (Å²) in [6.45, 7) is 4.62. The molecule has 0 aromatic heterocycles. The fraction of sp³-hybridized carbons (Fsp3) is 0.286. The fourth-order valence-electron chi connectivity index (χ4n) is 2.19. The third kappa shape index (κ3) is 7.56. The molecule has 0 bridgehead atoms. The molecule has 25 heavy (non-hydrogen) atoms. The van der Waals surface area contributed by atoms with E-state index in [4.69, 9.17) is 4.74 Å². The second-order valence-electron chi connectivity index (χ2n) is 5.52. The van der Waals surface area contributed by atoms with Gasteiger partial charge < -0.3 is 15.4 Å². The smallest absolute Gasteiger partial charge is 0.407 e. The van der Waals surface area contributed by atoms with E-state index in [1.54, 1.807) is 0 Å². The minimum atomic E-state index is -0.418. The number of hydrogen-bond acceptors (Lipinski definition) is 3. The predicted molar refractivity (Wildman–Crippen MR) is 99.9 cm³/mol. The Balaban J connectivity index is 1.67. The van der Waals surface area contributed by atoms with Crippen molar-refractivity contribution in [1.29, 1.82) is 0 Å². The minimum Gasteiger partial charge on any atom is -0.445 e. The Morgan fingerprint density at radius 2 is 1.88 bits per heavy atom. The lowest BCUT2D eigenvalue weighted by atomic mass is 10.1. The van der Waals surface area contributed by atoms with Crippen molar-refractivity contribution < 1.29 is 9.53 Å². The number of carbonyl (C=O) groups excluding carboxylic acids is 1. The molecule has 2 aromatic carbocycles. The van der Waals surface area contributed by atoms with E-state index in [2.05, 4.69) is 41.5 Å². The van der Waals surface area contributed by atoms with Gasteiger partial charge >= 0.3 is 6.09 Å². The maximum absolute atomic E-state index is 11.6. The number of benzene rings is 2. The topological polar surface area (TPSA) is 50.4 Å². The molecule has 4 heteroatoms. The summed E-state index contributed by atoms with van der Waals surface area (Å²) in [5.74, 6) is 6.20. The number of alkyl carbamates (subject to hydrolysis) is 1. The van der Waals surface area contributed by atoms with E-state index in [1.807, 2.05) is 42.5 Å². The normalized spacial score (nSPS) is 9.80. The van der Waals surface area contributed by atoms with Crippen molar-refractivity contribution in [2.45, 2.75) is 26.5 Å². The second-order valence-corrected chi connectivity index (χ2v) is 5.52. The highest BCUT2D eigenvalue weighted by Crippen LogP contribution is 2.04. The summed E-state index contributed by atoms with van der Waals surface area (Å²) in [6, 6.07) is 17.8. The first-order valence-electron chi connectivity index (χ1n) is 8.51. The molecule has 2 rings (SSSR count). The van der Waals surface area contributed by atoms with Crippen LogP contribution in [0.25, 0.3) is 0 Å². The summed E-state index contributed by atoms with van der Waals surface area (Å²) in [4.78, 5) is 11.6. The van der Waals surface area contributed by atoms with Crippen molar-refractivity contribution in [3.63, 3.8) is 0 Å². The van der Waals surface area contributed by atoms with E-state index in [9.17, 15) is 4.79 Å². The fourth-order valence-corrected chi connectivity index (χ4v) is 2.19. The van der Waals surface area contributed by atoms with Gasteiger partial charge in [0.25, 0.3) is 0 Å². The molecule has 130 valence electrons. The predicted octanol–water partition coefficient (Wildman–Crippen LogP) is 3.46. The van der Waals surface area contributed by atoms with Crippen LogP contribution in [0.3, 0.4) is 0 Å². The molecule has 0 aliphatic rings. The summed E-state index contributed by atoms with van der Waals surface area (Å²) in [7, 11) is 0. The highest BCUT2D eigenvalue weighted by Gasteiger charge is 2.00. The molecule has 0 aliphatic carbocycles.